The average molecular weight is 985 g/mol. The van der Waals surface area contributed by atoms with Crippen LogP contribution in [0, 0.1) is 13.8 Å². The second kappa shape index (κ2) is 19.4. The molecule has 0 spiro atoms. The number of rotatable bonds is 12. The number of likely N-dealkylation sites (tertiary alicyclic amines) is 4. The molecular formula is C56H64N4O12. The van der Waals surface area contributed by atoms with Gasteiger partial charge in [0.15, 0.2) is 0 Å². The second-order valence-electron chi connectivity index (χ2n) is 21.4. The zero-order valence-corrected chi connectivity index (χ0v) is 41.3. The van der Waals surface area contributed by atoms with E-state index in [2.05, 4.69) is 19.6 Å². The Labute approximate surface area is 419 Å². The van der Waals surface area contributed by atoms with Gasteiger partial charge in [-0.25, -0.2) is 19.2 Å². The van der Waals surface area contributed by atoms with Crippen molar-refractivity contribution in [2.24, 2.45) is 0 Å². The Hall–Kier alpha value is -5.56. The molecule has 0 unspecified atom stereocenters. The lowest BCUT2D eigenvalue weighted by Gasteiger charge is -2.36. The zero-order chi connectivity index (χ0) is 50.3. The number of carbonyl (C=O) groups is 4. The Balaban J connectivity index is 0.000000156. The van der Waals surface area contributed by atoms with E-state index in [0.717, 1.165) is 94.7 Å². The molecule has 4 saturated heterocycles. The highest BCUT2D eigenvalue weighted by atomic mass is 16.6. The first-order valence-electron chi connectivity index (χ1n) is 25.5. The third kappa shape index (κ3) is 9.14. The molecule has 16 nitrogen and oxygen atoms in total. The van der Waals surface area contributed by atoms with Gasteiger partial charge in [-0.3, -0.25) is 19.6 Å². The van der Waals surface area contributed by atoms with Crippen LogP contribution < -0.4 is 0 Å². The van der Waals surface area contributed by atoms with Crippen LogP contribution in [0.2, 0.25) is 0 Å². The molecule has 72 heavy (non-hydrogen) atoms. The van der Waals surface area contributed by atoms with Crippen LogP contribution in [0.3, 0.4) is 0 Å². The molecule has 4 aromatic rings. The van der Waals surface area contributed by atoms with Crippen molar-refractivity contribution in [1.29, 1.82) is 0 Å². The summed E-state index contributed by atoms with van der Waals surface area (Å²) >= 11 is 0. The largest absolute Gasteiger partial charge is 0.459 e. The number of esters is 4. The van der Waals surface area contributed by atoms with Crippen LogP contribution in [0.1, 0.15) is 148 Å². The number of hydrogen-bond donors (Lipinski definition) is 4. The molecule has 12 rings (SSSR count). The summed E-state index contributed by atoms with van der Waals surface area (Å²) in [7, 11) is 0. The van der Waals surface area contributed by atoms with E-state index in [1.807, 2.05) is 64.1 Å². The van der Waals surface area contributed by atoms with E-state index in [4.69, 9.17) is 18.9 Å². The fraction of sp³-hybridized carbons (Fsp3) is 0.500. The quantitative estimate of drug-likeness (QED) is 0.114. The van der Waals surface area contributed by atoms with E-state index in [1.165, 1.54) is 0 Å². The van der Waals surface area contributed by atoms with Gasteiger partial charge in [0.05, 0.1) is 46.7 Å². The van der Waals surface area contributed by atoms with Crippen LogP contribution >= 0.6 is 0 Å². The Bertz CT molecular complexity index is 2650. The Morgan fingerprint density at radius 3 is 1.19 bits per heavy atom. The number of ether oxygens (including phenoxy) is 4. The van der Waals surface area contributed by atoms with Gasteiger partial charge in [0.25, 0.3) is 0 Å². The number of fused-ring (bicyclic) bond motifs is 8. The maximum atomic E-state index is 12.1. The third-order valence-electron chi connectivity index (χ3n) is 16.8. The third-order valence-corrected chi connectivity index (χ3v) is 16.8. The molecule has 8 aliphatic heterocycles. The molecule has 0 aliphatic carbocycles. The first kappa shape index (κ1) is 48.7. The van der Waals surface area contributed by atoms with E-state index in [1.54, 1.807) is 24.3 Å². The molecule has 0 saturated carbocycles. The fourth-order valence-electron chi connectivity index (χ4n) is 12.9. The summed E-state index contributed by atoms with van der Waals surface area (Å²) in [4.78, 5) is 57.2. The summed E-state index contributed by atoms with van der Waals surface area (Å²) < 4.78 is 20.9. The number of piperazine rings is 2. The molecule has 0 amide bonds. The first-order chi connectivity index (χ1) is 34.6. The van der Waals surface area contributed by atoms with Crippen LogP contribution in [0.15, 0.2) is 60.7 Å². The predicted octanol–water partition coefficient (Wildman–Crippen LogP) is 4.58. The van der Waals surface area contributed by atoms with E-state index in [9.17, 15) is 39.6 Å². The lowest BCUT2D eigenvalue weighted by atomic mass is 9.95. The van der Waals surface area contributed by atoms with Gasteiger partial charge in [-0.05, 0) is 109 Å². The van der Waals surface area contributed by atoms with Gasteiger partial charge in [0.1, 0.15) is 25.4 Å². The first-order valence-corrected chi connectivity index (χ1v) is 25.5. The minimum Gasteiger partial charge on any atom is -0.459 e. The second-order valence-corrected chi connectivity index (χ2v) is 21.4. The summed E-state index contributed by atoms with van der Waals surface area (Å²) in [6, 6.07) is 19.7. The highest BCUT2D eigenvalue weighted by molar-refractivity contribution is 5.95. The van der Waals surface area contributed by atoms with Gasteiger partial charge >= 0.3 is 23.9 Å². The molecule has 0 radical (unpaired) electrons. The van der Waals surface area contributed by atoms with Crippen molar-refractivity contribution < 1.29 is 58.6 Å². The van der Waals surface area contributed by atoms with Gasteiger partial charge in [0, 0.05) is 100 Å². The number of aliphatic hydroxyl groups is 4. The van der Waals surface area contributed by atoms with Crippen LogP contribution in [-0.2, 0) is 45.0 Å². The van der Waals surface area contributed by atoms with Crippen molar-refractivity contribution in [1.82, 2.24) is 19.6 Å². The van der Waals surface area contributed by atoms with E-state index in [0.29, 0.717) is 85.4 Å². The van der Waals surface area contributed by atoms with Gasteiger partial charge in [-0.1, -0.05) is 36.4 Å². The predicted molar refractivity (Wildman–Crippen MR) is 261 cm³/mol. The fourth-order valence-corrected chi connectivity index (χ4v) is 12.9. The summed E-state index contributed by atoms with van der Waals surface area (Å²) in [6.07, 6.45) is 0.580. The SMILES string of the molecule is Cc1c([C@@H](O)CN2C[C@H]3C[C@@H]2CN3C[C@@H](O)c2ccc3c(c2)C[C@H](C)OC3=O)ccc2c1COC2=O.Cc1c([C@@H](O)CN2C[C@H]3C[C@@H]2CN3C[C@H](O)c2ccc3c(c2)C[C@H](C)OC3=O)ccc2c1COC2=O. The maximum absolute atomic E-state index is 12.1. The highest BCUT2D eigenvalue weighted by Crippen LogP contribution is 2.38. The number of nitrogens with zero attached hydrogens (tertiary/aromatic N) is 4. The topological polar surface area (TPSA) is 199 Å². The van der Waals surface area contributed by atoms with E-state index < -0.39 is 24.4 Å². The minimum absolute atomic E-state index is 0.149. The van der Waals surface area contributed by atoms with Crippen molar-refractivity contribution in [3.63, 3.8) is 0 Å². The van der Waals surface area contributed by atoms with Crippen molar-refractivity contribution in [2.45, 2.75) is 127 Å². The van der Waals surface area contributed by atoms with Crippen molar-refractivity contribution in [3.8, 4) is 0 Å². The van der Waals surface area contributed by atoms with Gasteiger partial charge in [0.2, 0.25) is 0 Å². The molecular weight excluding hydrogens is 921 g/mol. The lowest BCUT2D eigenvalue weighted by Crippen LogP contribution is -2.48. The molecule has 10 atom stereocenters. The summed E-state index contributed by atoms with van der Waals surface area (Å²) in [5.41, 5.74) is 11.3. The van der Waals surface area contributed by atoms with Gasteiger partial charge in [-0.2, -0.15) is 0 Å². The smallest absolute Gasteiger partial charge is 0.338 e. The molecule has 4 fully saturated rings. The van der Waals surface area contributed by atoms with Crippen molar-refractivity contribution in [3.05, 3.63) is 139 Å². The zero-order valence-electron chi connectivity index (χ0n) is 41.3. The van der Waals surface area contributed by atoms with Crippen LogP contribution in [-0.4, -0.2) is 153 Å². The monoisotopic (exact) mass is 984 g/mol. The molecule has 8 heterocycles. The summed E-state index contributed by atoms with van der Waals surface area (Å²) in [5, 5.41) is 44.0. The van der Waals surface area contributed by atoms with Crippen LogP contribution in [0.5, 0.6) is 0 Å². The van der Waals surface area contributed by atoms with E-state index >= 15 is 0 Å². The standard InChI is InChI=1S/2C28H32N2O6/c2*1-15-7-18-8-17(3-4-22(18)28(34)36-15)25(31)12-29-10-20-9-19(29)11-30(20)13-26(32)21-5-6-23-24(16(21)2)14-35-27(23)33/h2*3-6,8,15,19-20,25-26,31-32H,7,9-14H2,1-2H3/t15-,19+,20+,25+,26-;15-,19+,20+,25-,26-/m00/s1. The van der Waals surface area contributed by atoms with Gasteiger partial charge < -0.3 is 39.4 Å². The minimum atomic E-state index is -0.631. The number of aliphatic hydroxyl groups excluding tert-OH is 4. The van der Waals surface area contributed by atoms with E-state index in [-0.39, 0.29) is 49.3 Å². The Morgan fingerprint density at radius 1 is 0.486 bits per heavy atom. The Kier molecular flexibility index (Phi) is 13.1. The molecule has 16 heteroatoms. The number of benzene rings is 4. The van der Waals surface area contributed by atoms with Crippen molar-refractivity contribution >= 4 is 23.9 Å². The molecule has 380 valence electrons. The maximum Gasteiger partial charge on any atom is 0.338 e. The molecule has 4 bridgehead atoms. The van der Waals surface area contributed by atoms with Gasteiger partial charge in [-0.15, -0.1) is 0 Å². The number of β-amino-alcohol motifs (C(OH)–C–C–N with tert-alkyl or cyclic N) is 4. The summed E-state index contributed by atoms with van der Waals surface area (Å²) in [5.74, 6) is -1.16. The molecule has 4 aromatic carbocycles. The molecule has 0 aromatic heterocycles. The Morgan fingerprint density at radius 2 is 0.833 bits per heavy atom. The van der Waals surface area contributed by atoms with Crippen LogP contribution in [0.25, 0.3) is 0 Å². The molecule has 8 aliphatic rings. The van der Waals surface area contributed by atoms with Crippen LogP contribution in [0.4, 0.5) is 0 Å². The number of cyclic esters (lactones) is 4. The number of hydrogen-bond acceptors (Lipinski definition) is 16. The lowest BCUT2D eigenvalue weighted by molar-refractivity contribution is 0.0289. The van der Waals surface area contributed by atoms with Crippen molar-refractivity contribution in [2.75, 3.05) is 52.4 Å². The normalized spacial score (nSPS) is 26.9. The number of carbonyl (C=O) groups excluding carboxylic acids is 4. The highest BCUT2D eigenvalue weighted by Gasteiger charge is 2.46. The molecule has 4 N–H and O–H groups in total. The average Bonchev–Trinajstić information content (AvgIpc) is 4.23. The summed E-state index contributed by atoms with van der Waals surface area (Å²) in [6.45, 7) is 13.8.